The number of aryl methyl sites for hydroxylation is 1. The van der Waals surface area contributed by atoms with Gasteiger partial charge in [0, 0.05) is 23.5 Å². The summed E-state index contributed by atoms with van der Waals surface area (Å²) >= 11 is 0. The monoisotopic (exact) mass is 353 g/mol. The molecule has 0 aliphatic carbocycles. The number of hydrogen-bond donors (Lipinski definition) is 1. The molecule has 0 spiro atoms. The zero-order valence-corrected chi connectivity index (χ0v) is 14.3. The lowest BCUT2D eigenvalue weighted by Gasteiger charge is -2.08. The summed E-state index contributed by atoms with van der Waals surface area (Å²) in [5.41, 5.74) is 3.43. The van der Waals surface area contributed by atoms with Crippen molar-refractivity contribution < 1.29 is 9.13 Å². The number of pyridine rings is 1. The summed E-state index contributed by atoms with van der Waals surface area (Å²) in [6, 6.07) is 1.68. The van der Waals surface area contributed by atoms with E-state index >= 15 is 0 Å². The predicted molar refractivity (Wildman–Crippen MR) is 92.1 cm³/mol. The molecule has 0 fully saturated rings. The molecule has 0 radical (unpaired) electrons. The van der Waals surface area contributed by atoms with Gasteiger partial charge in [-0.3, -0.25) is 10.1 Å². The largest absolute Gasteiger partial charge is 0.464 e. The fourth-order valence-electron chi connectivity index (χ4n) is 2.76. The first kappa shape index (κ1) is 16.1. The highest BCUT2D eigenvalue weighted by atomic mass is 19.1. The molecule has 0 atom stereocenters. The van der Waals surface area contributed by atoms with Crippen LogP contribution in [0.25, 0.3) is 22.6 Å². The van der Waals surface area contributed by atoms with Crippen LogP contribution in [0.2, 0.25) is 0 Å². The number of aromatic nitrogens is 7. The van der Waals surface area contributed by atoms with Crippen molar-refractivity contribution in [3.8, 4) is 17.4 Å². The van der Waals surface area contributed by atoms with Crippen LogP contribution in [0.5, 0.6) is 6.01 Å². The summed E-state index contributed by atoms with van der Waals surface area (Å²) in [5.74, 6) is 0.126. The number of hydrogen-bond acceptors (Lipinski definition) is 6. The van der Waals surface area contributed by atoms with Gasteiger partial charge in [-0.25, -0.2) is 9.37 Å². The standard InChI is InChI=1S/C17H16FN7O/c1-3-26-17-22-10(2)14-16(24-17)25(9-11-5-20-21-6-11)15(23-14)12-4-13(18)8-19-7-12/h4-8H,3,9H2,1-2H3,(H,20,21). The van der Waals surface area contributed by atoms with E-state index in [9.17, 15) is 4.39 Å². The topological polar surface area (TPSA) is 94.4 Å². The van der Waals surface area contributed by atoms with Crippen LogP contribution in [0.15, 0.2) is 30.9 Å². The van der Waals surface area contributed by atoms with Crippen LogP contribution in [0.3, 0.4) is 0 Å². The van der Waals surface area contributed by atoms with E-state index in [1.54, 1.807) is 18.6 Å². The molecule has 0 bridgehead atoms. The minimum atomic E-state index is -0.428. The van der Waals surface area contributed by atoms with E-state index in [-0.39, 0.29) is 6.01 Å². The molecule has 4 aromatic rings. The molecule has 9 heteroatoms. The summed E-state index contributed by atoms with van der Waals surface area (Å²) in [6.45, 7) is 4.63. The molecular formula is C17H16FN7O. The lowest BCUT2D eigenvalue weighted by molar-refractivity contribution is 0.313. The van der Waals surface area contributed by atoms with Gasteiger partial charge in [-0.1, -0.05) is 0 Å². The molecule has 0 aliphatic heterocycles. The van der Waals surface area contributed by atoms with Crippen molar-refractivity contribution in [1.29, 1.82) is 0 Å². The van der Waals surface area contributed by atoms with Gasteiger partial charge in [-0.2, -0.15) is 15.1 Å². The Morgan fingerprint density at radius 2 is 2.08 bits per heavy atom. The molecule has 0 saturated carbocycles. The molecule has 0 amide bonds. The smallest absolute Gasteiger partial charge is 0.318 e. The van der Waals surface area contributed by atoms with Crippen LogP contribution >= 0.6 is 0 Å². The predicted octanol–water partition coefficient (Wildman–Crippen LogP) is 2.51. The maximum atomic E-state index is 13.7. The second kappa shape index (κ2) is 6.51. The number of nitrogens with zero attached hydrogens (tertiary/aromatic N) is 6. The first-order chi connectivity index (χ1) is 12.7. The van der Waals surface area contributed by atoms with Gasteiger partial charge in [0.2, 0.25) is 0 Å². The zero-order chi connectivity index (χ0) is 18.1. The normalized spacial score (nSPS) is 11.2. The molecule has 1 N–H and O–H groups in total. The van der Waals surface area contributed by atoms with Gasteiger partial charge in [0.05, 0.1) is 31.2 Å². The summed E-state index contributed by atoms with van der Waals surface area (Å²) < 4.78 is 21.0. The van der Waals surface area contributed by atoms with Crippen LogP contribution in [-0.2, 0) is 6.54 Å². The minimum absolute atomic E-state index is 0.287. The second-order valence-electron chi connectivity index (χ2n) is 5.72. The van der Waals surface area contributed by atoms with Crippen LogP contribution < -0.4 is 4.74 Å². The molecule has 4 heterocycles. The fourth-order valence-corrected chi connectivity index (χ4v) is 2.76. The molecule has 4 aromatic heterocycles. The van der Waals surface area contributed by atoms with Crippen molar-refractivity contribution >= 4 is 11.2 Å². The lowest BCUT2D eigenvalue weighted by atomic mass is 10.2. The van der Waals surface area contributed by atoms with E-state index in [1.807, 2.05) is 18.4 Å². The molecule has 26 heavy (non-hydrogen) atoms. The lowest BCUT2D eigenvalue weighted by Crippen LogP contribution is -2.05. The Labute approximate surface area is 148 Å². The third-order valence-electron chi connectivity index (χ3n) is 3.88. The average molecular weight is 353 g/mol. The minimum Gasteiger partial charge on any atom is -0.464 e. The molecule has 4 rings (SSSR count). The summed E-state index contributed by atoms with van der Waals surface area (Å²) in [7, 11) is 0. The molecule has 0 saturated heterocycles. The molecule has 132 valence electrons. The van der Waals surface area contributed by atoms with E-state index in [2.05, 4.69) is 30.1 Å². The van der Waals surface area contributed by atoms with E-state index < -0.39 is 5.82 Å². The van der Waals surface area contributed by atoms with Crippen molar-refractivity contribution in [1.82, 2.24) is 34.7 Å². The van der Waals surface area contributed by atoms with Crippen molar-refractivity contribution in [2.75, 3.05) is 6.61 Å². The Hall–Kier alpha value is -3.36. The maximum absolute atomic E-state index is 13.7. The number of imidazole rings is 1. The van der Waals surface area contributed by atoms with Gasteiger partial charge in [0.15, 0.2) is 5.65 Å². The highest BCUT2D eigenvalue weighted by molar-refractivity contribution is 5.79. The number of halogens is 1. The molecule has 0 aromatic carbocycles. The van der Waals surface area contributed by atoms with Crippen LogP contribution in [-0.4, -0.2) is 41.3 Å². The molecule has 8 nitrogen and oxygen atoms in total. The number of ether oxygens (including phenoxy) is 1. The Morgan fingerprint density at radius 1 is 1.19 bits per heavy atom. The Morgan fingerprint density at radius 3 is 2.81 bits per heavy atom. The van der Waals surface area contributed by atoms with E-state index in [1.165, 1.54) is 6.07 Å². The number of aromatic amines is 1. The van der Waals surface area contributed by atoms with Gasteiger partial charge < -0.3 is 9.30 Å². The second-order valence-corrected chi connectivity index (χ2v) is 5.72. The number of H-pyrrole nitrogens is 1. The van der Waals surface area contributed by atoms with Crippen LogP contribution in [0.4, 0.5) is 4.39 Å². The summed E-state index contributed by atoms with van der Waals surface area (Å²) in [5, 5.41) is 6.76. The van der Waals surface area contributed by atoms with Crippen molar-refractivity contribution in [3.05, 3.63) is 47.9 Å². The van der Waals surface area contributed by atoms with E-state index in [0.29, 0.717) is 41.4 Å². The summed E-state index contributed by atoms with van der Waals surface area (Å²) in [6.07, 6.45) is 6.24. The number of nitrogens with one attached hydrogen (secondary N) is 1. The average Bonchev–Trinajstić information content (AvgIpc) is 3.25. The quantitative estimate of drug-likeness (QED) is 0.592. The number of fused-ring (bicyclic) bond motifs is 1. The van der Waals surface area contributed by atoms with Crippen molar-refractivity contribution in [3.63, 3.8) is 0 Å². The molecule has 0 aliphatic rings. The summed E-state index contributed by atoms with van der Waals surface area (Å²) in [4.78, 5) is 17.4. The van der Waals surface area contributed by atoms with Crippen LogP contribution in [0.1, 0.15) is 18.2 Å². The third-order valence-corrected chi connectivity index (χ3v) is 3.88. The van der Waals surface area contributed by atoms with E-state index in [4.69, 9.17) is 4.74 Å². The third kappa shape index (κ3) is 2.87. The van der Waals surface area contributed by atoms with Gasteiger partial charge in [-0.05, 0) is 19.9 Å². The first-order valence-corrected chi connectivity index (χ1v) is 8.12. The number of rotatable bonds is 5. The van der Waals surface area contributed by atoms with Gasteiger partial charge in [0.1, 0.15) is 17.2 Å². The van der Waals surface area contributed by atoms with Gasteiger partial charge >= 0.3 is 6.01 Å². The van der Waals surface area contributed by atoms with Gasteiger partial charge in [-0.15, -0.1) is 0 Å². The molecule has 0 unspecified atom stereocenters. The molecular weight excluding hydrogens is 337 g/mol. The maximum Gasteiger partial charge on any atom is 0.318 e. The van der Waals surface area contributed by atoms with Crippen molar-refractivity contribution in [2.45, 2.75) is 20.4 Å². The highest BCUT2D eigenvalue weighted by Crippen LogP contribution is 2.27. The van der Waals surface area contributed by atoms with Gasteiger partial charge in [0.25, 0.3) is 0 Å². The SMILES string of the molecule is CCOc1nc(C)c2nc(-c3cncc(F)c3)n(Cc3cn[nH]c3)c2n1. The zero-order valence-electron chi connectivity index (χ0n) is 14.3. The highest BCUT2D eigenvalue weighted by Gasteiger charge is 2.19. The fraction of sp³-hybridized carbons (Fsp3) is 0.235. The first-order valence-electron chi connectivity index (χ1n) is 8.12. The van der Waals surface area contributed by atoms with Crippen molar-refractivity contribution in [2.24, 2.45) is 0 Å². The Kier molecular flexibility index (Phi) is 4.04. The van der Waals surface area contributed by atoms with E-state index in [0.717, 1.165) is 11.8 Å². The van der Waals surface area contributed by atoms with Crippen LogP contribution in [0, 0.1) is 12.7 Å². The Balaban J connectivity index is 1.96. The Bertz CT molecular complexity index is 1060.